The highest BCUT2D eigenvalue weighted by atomic mass is 35.5. The lowest BCUT2D eigenvalue weighted by molar-refractivity contribution is 0.0601. The van der Waals surface area contributed by atoms with Crippen molar-refractivity contribution in [2.24, 2.45) is 0 Å². The lowest BCUT2D eigenvalue weighted by Crippen LogP contribution is -2.03. The summed E-state index contributed by atoms with van der Waals surface area (Å²) >= 11 is 5.94. The lowest BCUT2D eigenvalue weighted by Gasteiger charge is -2.07. The van der Waals surface area contributed by atoms with Gasteiger partial charge in [-0.1, -0.05) is 17.7 Å². The number of benzene rings is 1. The molecule has 0 saturated carbocycles. The van der Waals surface area contributed by atoms with E-state index >= 15 is 0 Å². The molecule has 0 spiro atoms. The van der Waals surface area contributed by atoms with E-state index in [-0.39, 0.29) is 0 Å². The maximum Gasteiger partial charge on any atom is 0.339 e. The van der Waals surface area contributed by atoms with Crippen molar-refractivity contribution in [3.8, 4) is 11.3 Å². The van der Waals surface area contributed by atoms with Crippen LogP contribution in [0.5, 0.6) is 0 Å². The summed E-state index contributed by atoms with van der Waals surface area (Å²) in [5.74, 6) is -0.489. The van der Waals surface area contributed by atoms with Crippen molar-refractivity contribution in [3.05, 3.63) is 47.1 Å². The van der Waals surface area contributed by atoms with Crippen molar-refractivity contribution in [2.75, 3.05) is 12.8 Å². The molecule has 5 heteroatoms. The molecule has 0 amide bonds. The fourth-order valence-electron chi connectivity index (χ4n) is 1.60. The Morgan fingerprint density at radius 2 is 2.17 bits per heavy atom. The summed E-state index contributed by atoms with van der Waals surface area (Å²) in [7, 11) is 1.31. The van der Waals surface area contributed by atoms with E-state index in [0.717, 1.165) is 5.56 Å². The molecule has 1 heterocycles. The van der Waals surface area contributed by atoms with E-state index in [1.54, 1.807) is 36.5 Å². The Morgan fingerprint density at radius 3 is 2.83 bits per heavy atom. The largest absolute Gasteiger partial charge is 0.465 e. The van der Waals surface area contributed by atoms with Gasteiger partial charge in [0.2, 0.25) is 0 Å². The van der Waals surface area contributed by atoms with Crippen LogP contribution in [-0.2, 0) is 4.74 Å². The quantitative estimate of drug-likeness (QED) is 0.845. The van der Waals surface area contributed by atoms with Crippen LogP contribution in [0.15, 0.2) is 36.5 Å². The number of hydrogen-bond donors (Lipinski definition) is 1. The average molecular weight is 263 g/mol. The van der Waals surface area contributed by atoms with Gasteiger partial charge in [0.15, 0.2) is 0 Å². The van der Waals surface area contributed by atoms with Gasteiger partial charge < -0.3 is 10.5 Å². The standard InChI is InChI=1S/C13H11ClN2O2/c1-18-13(17)9-7-8(4-5-10(9)14)12-11(15)3-2-6-16-12/h2-7H,15H2,1H3. The number of ether oxygens (including phenoxy) is 1. The number of rotatable bonds is 2. The van der Waals surface area contributed by atoms with Gasteiger partial charge in [-0.3, -0.25) is 4.98 Å². The van der Waals surface area contributed by atoms with E-state index in [1.165, 1.54) is 7.11 Å². The van der Waals surface area contributed by atoms with Crippen LogP contribution in [0.1, 0.15) is 10.4 Å². The molecule has 0 unspecified atom stereocenters. The highest BCUT2D eigenvalue weighted by Gasteiger charge is 2.13. The summed E-state index contributed by atoms with van der Waals surface area (Å²) in [6.07, 6.45) is 1.64. The van der Waals surface area contributed by atoms with Crippen molar-refractivity contribution >= 4 is 23.3 Å². The second kappa shape index (κ2) is 5.06. The van der Waals surface area contributed by atoms with E-state index < -0.39 is 5.97 Å². The van der Waals surface area contributed by atoms with Crippen LogP contribution in [-0.4, -0.2) is 18.1 Å². The topological polar surface area (TPSA) is 65.2 Å². The van der Waals surface area contributed by atoms with Gasteiger partial charge in [-0.15, -0.1) is 0 Å². The van der Waals surface area contributed by atoms with E-state index in [9.17, 15) is 4.79 Å². The van der Waals surface area contributed by atoms with Crippen molar-refractivity contribution < 1.29 is 9.53 Å². The van der Waals surface area contributed by atoms with Crippen LogP contribution in [0.25, 0.3) is 11.3 Å². The molecule has 0 fully saturated rings. The van der Waals surface area contributed by atoms with Gasteiger partial charge in [-0.05, 0) is 24.3 Å². The molecular formula is C13H11ClN2O2. The van der Waals surface area contributed by atoms with Crippen molar-refractivity contribution in [1.29, 1.82) is 0 Å². The number of nitrogen functional groups attached to an aromatic ring is 1. The van der Waals surface area contributed by atoms with Crippen LogP contribution in [0, 0.1) is 0 Å². The monoisotopic (exact) mass is 262 g/mol. The number of nitrogens with zero attached hydrogens (tertiary/aromatic N) is 1. The number of hydrogen-bond acceptors (Lipinski definition) is 4. The molecule has 1 aromatic carbocycles. The minimum absolute atomic E-state index is 0.293. The first kappa shape index (κ1) is 12.4. The van der Waals surface area contributed by atoms with Gasteiger partial charge in [0, 0.05) is 11.8 Å². The van der Waals surface area contributed by atoms with Crippen LogP contribution in [0.4, 0.5) is 5.69 Å². The number of esters is 1. The predicted octanol–water partition coefficient (Wildman–Crippen LogP) is 2.77. The molecule has 2 N–H and O–H groups in total. The molecule has 0 aliphatic carbocycles. The van der Waals surface area contributed by atoms with Crippen molar-refractivity contribution in [2.45, 2.75) is 0 Å². The molecule has 1 aromatic heterocycles. The van der Waals surface area contributed by atoms with Gasteiger partial charge >= 0.3 is 5.97 Å². The summed E-state index contributed by atoms with van der Waals surface area (Å²) in [5.41, 5.74) is 8.00. The van der Waals surface area contributed by atoms with Crippen LogP contribution < -0.4 is 5.73 Å². The van der Waals surface area contributed by atoms with Crippen molar-refractivity contribution in [3.63, 3.8) is 0 Å². The zero-order valence-corrected chi connectivity index (χ0v) is 10.4. The fourth-order valence-corrected chi connectivity index (χ4v) is 1.79. The van der Waals surface area contributed by atoms with E-state index in [4.69, 9.17) is 17.3 Å². The zero-order chi connectivity index (χ0) is 13.1. The van der Waals surface area contributed by atoms with Crippen molar-refractivity contribution in [1.82, 2.24) is 4.98 Å². The zero-order valence-electron chi connectivity index (χ0n) is 9.68. The molecule has 0 radical (unpaired) electrons. The molecule has 2 aromatic rings. The molecule has 2 rings (SSSR count). The Kier molecular flexibility index (Phi) is 3.48. The lowest BCUT2D eigenvalue weighted by atomic mass is 10.1. The number of pyridine rings is 1. The molecule has 0 saturated heterocycles. The highest BCUT2D eigenvalue weighted by Crippen LogP contribution is 2.27. The van der Waals surface area contributed by atoms with Crippen LogP contribution in [0.3, 0.4) is 0 Å². The number of aromatic nitrogens is 1. The molecular weight excluding hydrogens is 252 g/mol. The molecule has 92 valence electrons. The Hall–Kier alpha value is -2.07. The number of carbonyl (C=O) groups excluding carboxylic acids is 1. The van der Waals surface area contributed by atoms with Gasteiger partial charge in [0.05, 0.1) is 29.1 Å². The number of carbonyl (C=O) groups is 1. The molecule has 0 atom stereocenters. The maximum absolute atomic E-state index is 11.5. The van der Waals surface area contributed by atoms with E-state index in [1.807, 2.05) is 0 Å². The first-order valence-corrected chi connectivity index (χ1v) is 5.60. The second-order valence-corrected chi connectivity index (χ2v) is 4.03. The van der Waals surface area contributed by atoms with E-state index in [0.29, 0.717) is 22.0 Å². The second-order valence-electron chi connectivity index (χ2n) is 3.63. The van der Waals surface area contributed by atoms with Crippen LogP contribution >= 0.6 is 11.6 Å². The number of nitrogens with two attached hydrogens (primary N) is 1. The molecule has 18 heavy (non-hydrogen) atoms. The SMILES string of the molecule is COC(=O)c1cc(-c2ncccc2N)ccc1Cl. The summed E-state index contributed by atoms with van der Waals surface area (Å²) in [6.45, 7) is 0. The number of anilines is 1. The third-order valence-electron chi connectivity index (χ3n) is 2.48. The minimum atomic E-state index is -0.489. The van der Waals surface area contributed by atoms with E-state index in [2.05, 4.69) is 9.72 Å². The van der Waals surface area contributed by atoms with Gasteiger partial charge in [-0.25, -0.2) is 4.79 Å². The maximum atomic E-state index is 11.5. The summed E-state index contributed by atoms with van der Waals surface area (Å²) < 4.78 is 4.66. The third kappa shape index (κ3) is 2.28. The Morgan fingerprint density at radius 1 is 1.39 bits per heavy atom. The fraction of sp³-hybridized carbons (Fsp3) is 0.0769. The van der Waals surface area contributed by atoms with Crippen LogP contribution in [0.2, 0.25) is 5.02 Å². The molecule has 0 aliphatic rings. The van der Waals surface area contributed by atoms with Gasteiger partial charge in [0.25, 0.3) is 0 Å². The summed E-state index contributed by atoms with van der Waals surface area (Å²) in [5, 5.41) is 0.333. The normalized spacial score (nSPS) is 10.1. The molecule has 4 nitrogen and oxygen atoms in total. The number of halogens is 1. The third-order valence-corrected chi connectivity index (χ3v) is 2.81. The average Bonchev–Trinajstić information content (AvgIpc) is 2.39. The highest BCUT2D eigenvalue weighted by molar-refractivity contribution is 6.33. The summed E-state index contributed by atoms with van der Waals surface area (Å²) in [6, 6.07) is 8.49. The Bertz CT molecular complexity index is 599. The molecule has 0 bridgehead atoms. The van der Waals surface area contributed by atoms with Gasteiger partial charge in [0.1, 0.15) is 0 Å². The first-order chi connectivity index (χ1) is 8.63. The smallest absolute Gasteiger partial charge is 0.339 e. The minimum Gasteiger partial charge on any atom is -0.465 e. The Balaban J connectivity index is 2.54. The van der Waals surface area contributed by atoms with Gasteiger partial charge in [-0.2, -0.15) is 0 Å². The first-order valence-electron chi connectivity index (χ1n) is 5.22. The predicted molar refractivity (Wildman–Crippen MR) is 70.4 cm³/mol. The number of methoxy groups -OCH3 is 1. The Labute approximate surface area is 109 Å². The molecule has 0 aliphatic heterocycles. The summed E-state index contributed by atoms with van der Waals surface area (Å²) in [4.78, 5) is 15.7.